The van der Waals surface area contributed by atoms with Crippen molar-refractivity contribution in [2.24, 2.45) is 0 Å². The summed E-state index contributed by atoms with van der Waals surface area (Å²) in [5, 5.41) is 61.9. The van der Waals surface area contributed by atoms with Crippen molar-refractivity contribution in [1.82, 2.24) is 0 Å². The van der Waals surface area contributed by atoms with Crippen molar-refractivity contribution in [3.8, 4) is 28.4 Å². The molecule has 2 aliphatic rings. The van der Waals surface area contributed by atoms with E-state index in [2.05, 4.69) is 0 Å². The van der Waals surface area contributed by atoms with E-state index in [0.29, 0.717) is 16.9 Å². The predicted molar refractivity (Wildman–Crippen MR) is 147 cm³/mol. The van der Waals surface area contributed by atoms with E-state index in [1.165, 1.54) is 39.5 Å². The van der Waals surface area contributed by atoms with Crippen LogP contribution in [-0.4, -0.2) is 113 Å². The molecule has 1 aromatic heterocycles. The van der Waals surface area contributed by atoms with Crippen molar-refractivity contribution in [2.45, 2.75) is 68.3 Å². The highest BCUT2D eigenvalue weighted by Crippen LogP contribution is 2.35. The Balaban J connectivity index is 1.35. The van der Waals surface area contributed by atoms with E-state index in [1.807, 2.05) is 0 Å². The van der Waals surface area contributed by atoms with E-state index in [1.54, 1.807) is 24.3 Å². The number of aliphatic hydroxyl groups is 6. The highest BCUT2D eigenvalue weighted by Gasteiger charge is 2.47. The fourth-order valence-electron chi connectivity index (χ4n) is 4.98. The first-order valence-electron chi connectivity index (χ1n) is 13.5. The molecule has 0 amide bonds. The Hall–Kier alpha value is -3.31. The normalized spacial score (nSPS) is 32.9. The molecule has 2 saturated heterocycles. The number of fused-ring (bicyclic) bond motifs is 1. The molecule has 2 fully saturated rings. The van der Waals surface area contributed by atoms with E-state index in [-0.39, 0.29) is 27.9 Å². The summed E-state index contributed by atoms with van der Waals surface area (Å²) in [5.41, 5.74) is 0.726. The SMILES string of the molecule is COc1ccc(-c2coc3cc(O[C@@H]4O[C@H](CO[C@@H]5O[C@@H](C)[C@H](O)[C@@H](O)[C@H]5O)[C@@H](O)[C@H](O)[C@H]4O)c(OC)cc3c2=O)cc1. The van der Waals surface area contributed by atoms with Gasteiger partial charge in [0.2, 0.25) is 11.7 Å². The highest BCUT2D eigenvalue weighted by atomic mass is 16.7. The van der Waals surface area contributed by atoms with Crippen LogP contribution in [0.4, 0.5) is 0 Å². The van der Waals surface area contributed by atoms with Crippen LogP contribution in [0.25, 0.3) is 22.1 Å². The standard InChI is InChI=1S/C29H34O14/c1-12-21(30)24(33)26(35)28(41-12)40-11-20-23(32)25(34)27(36)29(43-20)42-19-9-17-15(8-18(19)38-3)22(31)16(10-39-17)13-4-6-14(37-2)7-5-13/h4-10,12,20-21,23-30,32-36H,11H2,1-3H3/t12-,20+,21-,23+,24+,25-,26+,27+,28+,29+/m0/s1. The second-order valence-corrected chi connectivity index (χ2v) is 10.4. The molecule has 3 heterocycles. The number of methoxy groups -OCH3 is 2. The molecule has 0 bridgehead atoms. The largest absolute Gasteiger partial charge is 0.497 e. The van der Waals surface area contributed by atoms with Gasteiger partial charge in [0.15, 0.2) is 17.8 Å². The van der Waals surface area contributed by atoms with Gasteiger partial charge >= 0.3 is 0 Å². The zero-order valence-corrected chi connectivity index (χ0v) is 23.5. The van der Waals surface area contributed by atoms with Gasteiger partial charge in [-0.25, -0.2) is 0 Å². The Morgan fingerprint density at radius 2 is 1.44 bits per heavy atom. The van der Waals surface area contributed by atoms with E-state index < -0.39 is 68.0 Å². The Bertz CT molecular complexity index is 1460. The second kappa shape index (κ2) is 12.7. The maximum absolute atomic E-state index is 13.3. The van der Waals surface area contributed by atoms with Crippen LogP contribution in [0.2, 0.25) is 0 Å². The van der Waals surface area contributed by atoms with Gasteiger partial charge in [-0.2, -0.15) is 0 Å². The molecule has 0 saturated carbocycles. The summed E-state index contributed by atoms with van der Waals surface area (Å²) in [6.45, 7) is 1.02. The van der Waals surface area contributed by atoms with Gasteiger partial charge in [-0.3, -0.25) is 4.79 Å². The fourth-order valence-corrected chi connectivity index (χ4v) is 4.98. The molecule has 2 aromatic carbocycles. The molecule has 0 unspecified atom stereocenters. The number of rotatable bonds is 8. The summed E-state index contributed by atoms with van der Waals surface area (Å²) < 4.78 is 38.7. The number of ether oxygens (including phenoxy) is 6. The van der Waals surface area contributed by atoms with Crippen LogP contribution in [-0.2, 0) is 14.2 Å². The Kier molecular flexibility index (Phi) is 9.22. The fraction of sp³-hybridized carbons (Fsp3) is 0.483. The lowest BCUT2D eigenvalue weighted by Crippen LogP contribution is -2.61. The molecular formula is C29H34O14. The van der Waals surface area contributed by atoms with Crippen LogP contribution >= 0.6 is 0 Å². The zero-order chi connectivity index (χ0) is 31.0. The van der Waals surface area contributed by atoms with Crippen LogP contribution in [0.5, 0.6) is 17.2 Å². The van der Waals surface area contributed by atoms with E-state index in [9.17, 15) is 35.4 Å². The first-order valence-corrected chi connectivity index (χ1v) is 13.5. The first-order chi connectivity index (χ1) is 20.5. The summed E-state index contributed by atoms with van der Waals surface area (Å²) in [6.07, 6.45) is -13.3. The molecule has 3 aromatic rings. The van der Waals surface area contributed by atoms with Gasteiger partial charge in [-0.05, 0) is 30.7 Å². The van der Waals surface area contributed by atoms with Gasteiger partial charge < -0.3 is 63.5 Å². The lowest BCUT2D eigenvalue weighted by atomic mass is 9.98. The van der Waals surface area contributed by atoms with Crippen LogP contribution < -0.4 is 19.6 Å². The number of hydrogen-bond acceptors (Lipinski definition) is 14. The zero-order valence-electron chi connectivity index (χ0n) is 23.5. The molecule has 0 radical (unpaired) electrons. The summed E-state index contributed by atoms with van der Waals surface area (Å²) in [4.78, 5) is 13.3. The Morgan fingerprint density at radius 1 is 0.767 bits per heavy atom. The molecule has 234 valence electrons. The van der Waals surface area contributed by atoms with Crippen molar-refractivity contribution in [1.29, 1.82) is 0 Å². The maximum atomic E-state index is 13.3. The van der Waals surface area contributed by atoms with E-state index >= 15 is 0 Å². The minimum atomic E-state index is -1.73. The lowest BCUT2D eigenvalue weighted by Gasteiger charge is -2.42. The smallest absolute Gasteiger partial charge is 0.229 e. The lowest BCUT2D eigenvalue weighted by molar-refractivity contribution is -0.318. The molecule has 0 aliphatic carbocycles. The van der Waals surface area contributed by atoms with Crippen LogP contribution in [0, 0.1) is 0 Å². The van der Waals surface area contributed by atoms with Crippen molar-refractivity contribution in [3.05, 3.63) is 52.9 Å². The quantitative estimate of drug-likeness (QED) is 0.191. The van der Waals surface area contributed by atoms with Gasteiger partial charge in [-0.1, -0.05) is 12.1 Å². The van der Waals surface area contributed by atoms with Crippen LogP contribution in [0.15, 0.2) is 51.9 Å². The first kappa shape index (κ1) is 31.1. The number of aliphatic hydroxyl groups excluding tert-OH is 6. The summed E-state index contributed by atoms with van der Waals surface area (Å²) in [5.74, 6) is 0.722. The van der Waals surface area contributed by atoms with Crippen molar-refractivity contribution in [2.75, 3.05) is 20.8 Å². The van der Waals surface area contributed by atoms with Gasteiger partial charge in [0.05, 0.1) is 37.9 Å². The van der Waals surface area contributed by atoms with Crippen molar-refractivity contribution in [3.63, 3.8) is 0 Å². The molecule has 10 atom stereocenters. The summed E-state index contributed by atoms with van der Waals surface area (Å²) in [7, 11) is 2.88. The molecule has 0 spiro atoms. The number of hydrogen-bond donors (Lipinski definition) is 6. The monoisotopic (exact) mass is 606 g/mol. The minimum absolute atomic E-state index is 0.000346. The molecule has 6 N–H and O–H groups in total. The average molecular weight is 607 g/mol. The molecular weight excluding hydrogens is 572 g/mol. The Morgan fingerprint density at radius 3 is 2.12 bits per heavy atom. The van der Waals surface area contributed by atoms with Gasteiger partial charge in [0.1, 0.15) is 60.3 Å². The Labute approximate surface area is 245 Å². The highest BCUT2D eigenvalue weighted by molar-refractivity contribution is 5.84. The topological polar surface area (TPSA) is 207 Å². The summed E-state index contributed by atoms with van der Waals surface area (Å²) in [6, 6.07) is 9.66. The van der Waals surface area contributed by atoms with Crippen LogP contribution in [0.1, 0.15) is 6.92 Å². The van der Waals surface area contributed by atoms with Crippen molar-refractivity contribution >= 4 is 11.0 Å². The van der Waals surface area contributed by atoms with Gasteiger partial charge in [-0.15, -0.1) is 0 Å². The van der Waals surface area contributed by atoms with E-state index in [4.69, 9.17) is 32.8 Å². The molecule has 14 heteroatoms. The predicted octanol–water partition coefficient (Wildman–Crippen LogP) is -0.492. The van der Waals surface area contributed by atoms with Crippen LogP contribution in [0.3, 0.4) is 0 Å². The minimum Gasteiger partial charge on any atom is -0.497 e. The molecule has 43 heavy (non-hydrogen) atoms. The maximum Gasteiger partial charge on any atom is 0.229 e. The average Bonchev–Trinajstić information content (AvgIpc) is 3.02. The molecule has 5 rings (SSSR count). The van der Waals surface area contributed by atoms with Crippen molar-refractivity contribution < 1.29 is 63.5 Å². The third-order valence-electron chi connectivity index (χ3n) is 7.60. The second-order valence-electron chi connectivity index (χ2n) is 10.4. The summed E-state index contributed by atoms with van der Waals surface area (Å²) >= 11 is 0. The van der Waals surface area contributed by atoms with Gasteiger partial charge in [0.25, 0.3) is 0 Å². The third kappa shape index (κ3) is 6.06. The molecule has 14 nitrogen and oxygen atoms in total. The molecule has 2 aliphatic heterocycles. The third-order valence-corrected chi connectivity index (χ3v) is 7.60. The van der Waals surface area contributed by atoms with Gasteiger partial charge in [0, 0.05) is 6.07 Å². The number of benzene rings is 2. The van der Waals surface area contributed by atoms with E-state index in [0.717, 1.165) is 0 Å².